The molecule has 0 aliphatic carbocycles. The van der Waals surface area contributed by atoms with Gasteiger partial charge in [-0.3, -0.25) is 9.10 Å². The van der Waals surface area contributed by atoms with Gasteiger partial charge in [0, 0.05) is 19.5 Å². The second kappa shape index (κ2) is 12.8. The summed E-state index contributed by atoms with van der Waals surface area (Å²) >= 11 is 0. The molecule has 3 rings (SSSR count). The summed E-state index contributed by atoms with van der Waals surface area (Å²) in [5.41, 5.74) is 2.44. The van der Waals surface area contributed by atoms with Crippen LogP contribution in [0.3, 0.4) is 0 Å². The highest BCUT2D eigenvalue weighted by Crippen LogP contribution is 2.27. The fourth-order valence-electron chi connectivity index (χ4n) is 3.60. The van der Waals surface area contributed by atoms with Crippen molar-refractivity contribution in [1.29, 1.82) is 0 Å². The summed E-state index contributed by atoms with van der Waals surface area (Å²) in [5, 5.41) is 2.86. The number of carbonyl (C=O) groups excluding carboxylic acids is 1. The Balaban J connectivity index is 1.51. The third-order valence-electron chi connectivity index (χ3n) is 5.48. The predicted octanol–water partition coefficient (Wildman–Crippen LogP) is 4.15. The van der Waals surface area contributed by atoms with Crippen LogP contribution in [0.5, 0.6) is 17.2 Å². The summed E-state index contributed by atoms with van der Waals surface area (Å²) in [4.78, 5) is 12.3. The molecule has 0 saturated heterocycles. The lowest BCUT2D eigenvalue weighted by Gasteiger charge is -2.22. The molecular formula is C27H32N2O6S. The normalized spacial score (nSPS) is 11.0. The van der Waals surface area contributed by atoms with Crippen molar-refractivity contribution >= 4 is 21.6 Å². The van der Waals surface area contributed by atoms with Crippen LogP contribution in [0.25, 0.3) is 0 Å². The molecular weight excluding hydrogens is 480 g/mol. The Hall–Kier alpha value is -3.72. The van der Waals surface area contributed by atoms with Gasteiger partial charge >= 0.3 is 0 Å². The quantitative estimate of drug-likeness (QED) is 0.370. The Kier molecular flexibility index (Phi) is 9.58. The highest BCUT2D eigenvalue weighted by Gasteiger charge is 2.18. The Morgan fingerprint density at radius 1 is 0.889 bits per heavy atom. The van der Waals surface area contributed by atoms with Gasteiger partial charge in [0.05, 0.1) is 26.2 Å². The number of carbonyl (C=O) groups is 1. The van der Waals surface area contributed by atoms with Crippen molar-refractivity contribution in [2.75, 3.05) is 31.3 Å². The number of methoxy groups -OCH3 is 2. The van der Waals surface area contributed by atoms with Gasteiger partial charge in [0.1, 0.15) is 12.4 Å². The lowest BCUT2D eigenvalue weighted by molar-refractivity contribution is -0.121. The average molecular weight is 513 g/mol. The van der Waals surface area contributed by atoms with Crippen molar-refractivity contribution in [2.45, 2.75) is 26.0 Å². The van der Waals surface area contributed by atoms with Gasteiger partial charge in [-0.25, -0.2) is 8.42 Å². The van der Waals surface area contributed by atoms with Crippen molar-refractivity contribution in [2.24, 2.45) is 0 Å². The summed E-state index contributed by atoms with van der Waals surface area (Å²) in [7, 11) is -0.401. The van der Waals surface area contributed by atoms with Crippen LogP contribution >= 0.6 is 0 Å². The molecule has 3 aromatic rings. The van der Waals surface area contributed by atoms with E-state index in [4.69, 9.17) is 14.2 Å². The summed E-state index contributed by atoms with van der Waals surface area (Å²) in [6.45, 7) is 0.945. The zero-order valence-electron chi connectivity index (χ0n) is 20.8. The van der Waals surface area contributed by atoms with Crippen LogP contribution in [-0.4, -0.2) is 41.3 Å². The van der Waals surface area contributed by atoms with Gasteiger partial charge in [-0.2, -0.15) is 0 Å². The van der Waals surface area contributed by atoms with E-state index in [1.54, 1.807) is 50.6 Å². The third-order valence-corrected chi connectivity index (χ3v) is 6.67. The molecule has 0 aliphatic rings. The van der Waals surface area contributed by atoms with E-state index >= 15 is 0 Å². The van der Waals surface area contributed by atoms with Crippen LogP contribution in [0.2, 0.25) is 0 Å². The van der Waals surface area contributed by atoms with E-state index in [1.165, 1.54) is 4.31 Å². The number of hydrogen-bond donors (Lipinski definition) is 1. The zero-order chi connectivity index (χ0) is 26.0. The monoisotopic (exact) mass is 512 g/mol. The van der Waals surface area contributed by atoms with Gasteiger partial charge in [0.15, 0.2) is 11.5 Å². The van der Waals surface area contributed by atoms with Gasteiger partial charge in [0.2, 0.25) is 15.9 Å². The first kappa shape index (κ1) is 26.9. The number of nitrogens with one attached hydrogen (secondary N) is 1. The fraction of sp³-hybridized carbons (Fsp3) is 0.296. The molecule has 192 valence electrons. The van der Waals surface area contributed by atoms with E-state index in [2.05, 4.69) is 5.32 Å². The highest BCUT2D eigenvalue weighted by molar-refractivity contribution is 7.92. The first-order valence-corrected chi connectivity index (χ1v) is 13.4. The minimum atomic E-state index is -3.52. The van der Waals surface area contributed by atoms with Gasteiger partial charge in [-0.1, -0.05) is 36.4 Å². The van der Waals surface area contributed by atoms with Crippen LogP contribution in [0.1, 0.15) is 24.0 Å². The second-order valence-corrected chi connectivity index (χ2v) is 10.1. The van der Waals surface area contributed by atoms with Gasteiger partial charge in [0.25, 0.3) is 0 Å². The first-order chi connectivity index (χ1) is 17.3. The van der Waals surface area contributed by atoms with Crippen molar-refractivity contribution < 1.29 is 27.4 Å². The maximum Gasteiger partial charge on any atom is 0.232 e. The molecule has 8 nitrogen and oxygen atoms in total. The molecule has 0 aromatic heterocycles. The van der Waals surface area contributed by atoms with Gasteiger partial charge in [-0.05, 0) is 53.9 Å². The number of benzene rings is 3. The average Bonchev–Trinajstić information content (AvgIpc) is 2.89. The predicted molar refractivity (Wildman–Crippen MR) is 140 cm³/mol. The Morgan fingerprint density at radius 2 is 1.58 bits per heavy atom. The smallest absolute Gasteiger partial charge is 0.232 e. The molecule has 0 fully saturated rings. The maximum atomic E-state index is 12.4. The number of rotatable bonds is 13. The molecule has 0 spiro atoms. The Bertz CT molecular complexity index is 1230. The number of nitrogens with zero attached hydrogens (tertiary/aromatic N) is 1. The third kappa shape index (κ3) is 7.91. The van der Waals surface area contributed by atoms with Crippen molar-refractivity contribution in [3.63, 3.8) is 0 Å². The van der Waals surface area contributed by atoms with Gasteiger partial charge in [-0.15, -0.1) is 0 Å². The van der Waals surface area contributed by atoms with Crippen LogP contribution in [0.4, 0.5) is 5.69 Å². The molecule has 0 heterocycles. The van der Waals surface area contributed by atoms with E-state index < -0.39 is 10.0 Å². The number of hydrogen-bond acceptors (Lipinski definition) is 6. The molecule has 0 bridgehead atoms. The molecule has 36 heavy (non-hydrogen) atoms. The number of anilines is 1. The van der Waals surface area contributed by atoms with E-state index in [-0.39, 0.29) is 18.9 Å². The van der Waals surface area contributed by atoms with Crippen molar-refractivity contribution in [3.05, 3.63) is 83.9 Å². The van der Waals surface area contributed by atoms with Crippen molar-refractivity contribution in [3.8, 4) is 17.2 Å². The molecule has 0 radical (unpaired) electrons. The molecule has 3 aromatic carbocycles. The molecule has 1 N–H and O–H groups in total. The highest BCUT2D eigenvalue weighted by atomic mass is 32.2. The van der Waals surface area contributed by atoms with Crippen molar-refractivity contribution in [1.82, 2.24) is 5.32 Å². The van der Waals surface area contributed by atoms with E-state index in [9.17, 15) is 13.2 Å². The molecule has 0 aliphatic heterocycles. The van der Waals surface area contributed by atoms with Crippen LogP contribution < -0.4 is 23.8 Å². The Labute approximate surface area is 212 Å². The maximum absolute atomic E-state index is 12.4. The summed E-state index contributed by atoms with van der Waals surface area (Å²) in [6, 6.07) is 22.1. The van der Waals surface area contributed by atoms with E-state index in [1.807, 2.05) is 36.4 Å². The summed E-state index contributed by atoms with van der Waals surface area (Å²) in [5.74, 6) is 1.68. The van der Waals surface area contributed by atoms with E-state index in [0.717, 1.165) is 17.4 Å². The standard InChI is InChI=1S/C27H32N2O6S/c1-33-25-16-11-22(18-26(25)34-2)19-28-27(30)10-7-17-29(36(3,31)32)23-12-14-24(15-13-23)35-20-21-8-5-4-6-9-21/h4-6,8-9,11-16,18H,7,10,17,19-20H2,1-3H3,(H,28,30). The lowest BCUT2D eigenvalue weighted by Crippen LogP contribution is -2.32. The number of amides is 1. The summed E-state index contributed by atoms with van der Waals surface area (Å²) in [6.07, 6.45) is 1.72. The van der Waals surface area contributed by atoms with Gasteiger partial charge < -0.3 is 19.5 Å². The largest absolute Gasteiger partial charge is 0.493 e. The molecule has 0 saturated carbocycles. The van der Waals surface area contributed by atoms with Crippen LogP contribution in [0.15, 0.2) is 72.8 Å². The molecule has 0 atom stereocenters. The zero-order valence-corrected chi connectivity index (χ0v) is 21.6. The second-order valence-electron chi connectivity index (χ2n) is 8.17. The summed E-state index contributed by atoms with van der Waals surface area (Å²) < 4.78 is 42.4. The SMILES string of the molecule is COc1ccc(CNC(=O)CCCN(c2ccc(OCc3ccccc3)cc2)S(C)(=O)=O)cc1OC. The van der Waals surface area contributed by atoms with Crippen LogP contribution in [0, 0.1) is 0 Å². The van der Waals surface area contributed by atoms with Crippen LogP contribution in [-0.2, 0) is 28.0 Å². The first-order valence-electron chi connectivity index (χ1n) is 11.5. The molecule has 1 amide bonds. The number of sulfonamides is 1. The minimum Gasteiger partial charge on any atom is -0.493 e. The topological polar surface area (TPSA) is 94.2 Å². The Morgan fingerprint density at radius 3 is 2.22 bits per heavy atom. The van der Waals surface area contributed by atoms with E-state index in [0.29, 0.717) is 42.5 Å². The minimum absolute atomic E-state index is 0.164. The number of ether oxygens (including phenoxy) is 3. The fourth-order valence-corrected chi connectivity index (χ4v) is 4.56. The lowest BCUT2D eigenvalue weighted by atomic mass is 10.2. The molecule has 0 unspecified atom stereocenters. The molecule has 9 heteroatoms.